The Labute approximate surface area is 143 Å². The monoisotopic (exact) mass is 317 g/mol. The Hall–Kier alpha value is -2.42. The van der Waals surface area contributed by atoms with Crippen LogP contribution in [0, 0.1) is 13.8 Å². The number of piperidine rings is 1. The second-order valence-electron chi connectivity index (χ2n) is 6.75. The van der Waals surface area contributed by atoms with Crippen molar-refractivity contribution < 1.29 is 0 Å². The molecule has 2 aromatic carbocycles. The van der Waals surface area contributed by atoms with Crippen LogP contribution in [0.1, 0.15) is 30.4 Å². The van der Waals surface area contributed by atoms with E-state index in [2.05, 4.69) is 60.1 Å². The number of hydrogen-bond donors (Lipinski definition) is 0. The van der Waals surface area contributed by atoms with Crippen LogP contribution >= 0.6 is 0 Å². The zero-order valence-electron chi connectivity index (χ0n) is 14.4. The number of aromatic nitrogens is 2. The maximum absolute atomic E-state index is 4.91. The van der Waals surface area contributed by atoms with Gasteiger partial charge < -0.3 is 4.90 Å². The molecule has 24 heavy (non-hydrogen) atoms. The predicted molar refractivity (Wildman–Crippen MR) is 101 cm³/mol. The first-order valence-corrected chi connectivity index (χ1v) is 8.81. The third-order valence-corrected chi connectivity index (χ3v) is 4.98. The highest BCUT2D eigenvalue weighted by Gasteiger charge is 2.13. The normalized spacial score (nSPS) is 15.0. The fraction of sp³-hybridized carbons (Fsp3) is 0.333. The Kier molecular flexibility index (Phi) is 3.93. The highest BCUT2D eigenvalue weighted by atomic mass is 15.2. The number of fused-ring (bicyclic) bond motifs is 1. The van der Waals surface area contributed by atoms with E-state index in [9.17, 15) is 0 Å². The van der Waals surface area contributed by atoms with E-state index < -0.39 is 0 Å². The summed E-state index contributed by atoms with van der Waals surface area (Å²) >= 11 is 0. The fourth-order valence-electron chi connectivity index (χ4n) is 3.70. The molecular formula is C21H23N3. The molecule has 1 saturated heterocycles. The summed E-state index contributed by atoms with van der Waals surface area (Å²) in [6.07, 6.45) is 5.75. The molecule has 122 valence electrons. The van der Waals surface area contributed by atoms with E-state index in [1.54, 1.807) is 0 Å². The molecule has 0 bridgehead atoms. The molecule has 0 spiro atoms. The van der Waals surface area contributed by atoms with Crippen LogP contribution in [-0.2, 0) is 0 Å². The van der Waals surface area contributed by atoms with Gasteiger partial charge in [-0.3, -0.25) is 4.98 Å². The van der Waals surface area contributed by atoms with Gasteiger partial charge in [0.05, 0.1) is 17.2 Å². The Morgan fingerprint density at radius 3 is 2.38 bits per heavy atom. The number of nitrogens with zero attached hydrogens (tertiary/aromatic N) is 3. The molecule has 3 aromatic rings. The molecule has 1 fully saturated rings. The van der Waals surface area contributed by atoms with Crippen molar-refractivity contribution in [2.75, 3.05) is 18.0 Å². The van der Waals surface area contributed by atoms with Crippen LogP contribution < -0.4 is 4.90 Å². The van der Waals surface area contributed by atoms with Crippen LogP contribution in [0.2, 0.25) is 0 Å². The minimum absolute atomic E-state index is 0.964. The van der Waals surface area contributed by atoms with Crippen molar-refractivity contribution in [2.24, 2.45) is 0 Å². The van der Waals surface area contributed by atoms with Crippen LogP contribution in [0.3, 0.4) is 0 Å². The molecular weight excluding hydrogens is 294 g/mol. The Bertz CT molecular complexity index is 859. The molecule has 0 saturated carbocycles. The average Bonchev–Trinajstić information content (AvgIpc) is 2.62. The molecule has 0 N–H and O–H groups in total. The van der Waals surface area contributed by atoms with Gasteiger partial charge in [-0.25, -0.2) is 4.98 Å². The van der Waals surface area contributed by atoms with Crippen LogP contribution in [0.15, 0.2) is 42.6 Å². The molecule has 3 nitrogen and oxygen atoms in total. The van der Waals surface area contributed by atoms with Gasteiger partial charge in [-0.05, 0) is 67.5 Å². The van der Waals surface area contributed by atoms with Crippen molar-refractivity contribution >= 4 is 16.9 Å². The van der Waals surface area contributed by atoms with Gasteiger partial charge in [0.1, 0.15) is 5.82 Å². The van der Waals surface area contributed by atoms with Crippen LogP contribution in [0.4, 0.5) is 5.82 Å². The van der Waals surface area contributed by atoms with Gasteiger partial charge in [0.2, 0.25) is 0 Å². The summed E-state index contributed by atoms with van der Waals surface area (Å²) in [7, 11) is 0. The van der Waals surface area contributed by atoms with Crippen LogP contribution in [0.25, 0.3) is 22.2 Å². The van der Waals surface area contributed by atoms with Gasteiger partial charge in [-0.2, -0.15) is 0 Å². The maximum atomic E-state index is 4.91. The molecule has 0 atom stereocenters. The van der Waals surface area contributed by atoms with Gasteiger partial charge in [-0.15, -0.1) is 0 Å². The summed E-state index contributed by atoms with van der Waals surface area (Å²) in [5.74, 6) is 1.01. The highest BCUT2D eigenvalue weighted by molar-refractivity contribution is 5.84. The standard InChI is InChI=1S/C21H23N3/c1-15-7-6-8-16(2)21(15)17-9-10-18-19(13-17)23-20(14-22-18)24-11-4-3-5-12-24/h6-10,13-14H,3-5,11-12H2,1-2H3. The summed E-state index contributed by atoms with van der Waals surface area (Å²) in [5, 5.41) is 0. The first-order chi connectivity index (χ1) is 11.7. The first kappa shape index (κ1) is 15.1. The zero-order chi connectivity index (χ0) is 16.5. The van der Waals surface area contributed by atoms with Crippen LogP contribution in [-0.4, -0.2) is 23.1 Å². The van der Waals surface area contributed by atoms with E-state index >= 15 is 0 Å². The van der Waals surface area contributed by atoms with Gasteiger partial charge >= 0.3 is 0 Å². The average molecular weight is 317 g/mol. The lowest BCUT2D eigenvalue weighted by Crippen LogP contribution is -2.30. The lowest BCUT2D eigenvalue weighted by Gasteiger charge is -2.27. The molecule has 2 heterocycles. The summed E-state index contributed by atoms with van der Waals surface area (Å²) in [6.45, 7) is 6.53. The largest absolute Gasteiger partial charge is 0.355 e. The van der Waals surface area contributed by atoms with Crippen molar-refractivity contribution in [1.82, 2.24) is 9.97 Å². The smallest absolute Gasteiger partial charge is 0.147 e. The topological polar surface area (TPSA) is 29.0 Å². The van der Waals surface area contributed by atoms with Gasteiger partial charge in [0.15, 0.2) is 0 Å². The van der Waals surface area contributed by atoms with E-state index in [-0.39, 0.29) is 0 Å². The summed E-state index contributed by atoms with van der Waals surface area (Å²) in [5.41, 5.74) is 7.08. The van der Waals surface area contributed by atoms with Gasteiger partial charge in [0.25, 0.3) is 0 Å². The number of rotatable bonds is 2. The van der Waals surface area contributed by atoms with Crippen LogP contribution in [0.5, 0.6) is 0 Å². The summed E-state index contributed by atoms with van der Waals surface area (Å²) in [4.78, 5) is 11.9. The first-order valence-electron chi connectivity index (χ1n) is 8.81. The molecule has 3 heteroatoms. The Balaban J connectivity index is 1.79. The lowest BCUT2D eigenvalue weighted by molar-refractivity contribution is 0.573. The van der Waals surface area contributed by atoms with E-state index in [0.717, 1.165) is 29.9 Å². The Morgan fingerprint density at radius 1 is 0.875 bits per heavy atom. The van der Waals surface area contributed by atoms with Crippen molar-refractivity contribution in [1.29, 1.82) is 0 Å². The van der Waals surface area contributed by atoms with Crippen molar-refractivity contribution in [3.05, 3.63) is 53.7 Å². The van der Waals surface area contributed by atoms with Crippen molar-refractivity contribution in [3.8, 4) is 11.1 Å². The number of hydrogen-bond acceptors (Lipinski definition) is 3. The zero-order valence-corrected chi connectivity index (χ0v) is 14.4. The molecule has 1 aliphatic heterocycles. The van der Waals surface area contributed by atoms with E-state index in [0.29, 0.717) is 0 Å². The molecule has 1 aliphatic rings. The highest BCUT2D eigenvalue weighted by Crippen LogP contribution is 2.29. The number of benzene rings is 2. The molecule has 4 rings (SSSR count). The summed E-state index contributed by atoms with van der Waals surface area (Å²) in [6, 6.07) is 12.9. The third kappa shape index (κ3) is 2.75. The molecule has 0 aliphatic carbocycles. The number of aryl methyl sites for hydroxylation is 2. The SMILES string of the molecule is Cc1cccc(C)c1-c1ccc2ncc(N3CCCCC3)nc2c1. The molecule has 0 unspecified atom stereocenters. The maximum Gasteiger partial charge on any atom is 0.147 e. The summed E-state index contributed by atoms with van der Waals surface area (Å²) < 4.78 is 0. The quantitative estimate of drug-likeness (QED) is 0.673. The molecule has 1 aromatic heterocycles. The third-order valence-electron chi connectivity index (χ3n) is 4.98. The molecule has 0 radical (unpaired) electrons. The predicted octanol–water partition coefficient (Wildman–Crippen LogP) is 4.90. The Morgan fingerprint density at radius 2 is 1.62 bits per heavy atom. The molecule has 0 amide bonds. The van der Waals surface area contributed by atoms with Gasteiger partial charge in [-0.1, -0.05) is 24.3 Å². The minimum Gasteiger partial charge on any atom is -0.355 e. The van der Waals surface area contributed by atoms with Crippen molar-refractivity contribution in [2.45, 2.75) is 33.1 Å². The second kappa shape index (κ2) is 6.23. The van der Waals surface area contributed by atoms with Gasteiger partial charge in [0, 0.05) is 13.1 Å². The second-order valence-corrected chi connectivity index (χ2v) is 6.75. The lowest BCUT2D eigenvalue weighted by atomic mass is 9.95. The number of anilines is 1. The van der Waals surface area contributed by atoms with Crippen molar-refractivity contribution in [3.63, 3.8) is 0 Å². The minimum atomic E-state index is 0.964. The van der Waals surface area contributed by atoms with E-state index in [1.165, 1.54) is 41.5 Å². The fourth-order valence-corrected chi connectivity index (χ4v) is 3.70. The van der Waals surface area contributed by atoms with E-state index in [1.807, 2.05) is 6.20 Å². The van der Waals surface area contributed by atoms with E-state index in [4.69, 9.17) is 4.98 Å².